The van der Waals surface area contributed by atoms with Crippen molar-refractivity contribution >= 4 is 5.95 Å². The van der Waals surface area contributed by atoms with E-state index < -0.39 is 0 Å². The van der Waals surface area contributed by atoms with Crippen LogP contribution < -0.4 is 10.6 Å². The molecule has 1 heterocycles. The average molecular weight is 242 g/mol. The lowest BCUT2D eigenvalue weighted by atomic mass is 10.1. The van der Waals surface area contributed by atoms with Crippen LogP contribution in [0.2, 0.25) is 0 Å². The smallest absolute Gasteiger partial charge is 0.225 e. The number of hydrogen-bond acceptors (Lipinski definition) is 4. The van der Waals surface area contributed by atoms with Crippen molar-refractivity contribution in [3.05, 3.63) is 53.3 Å². The molecule has 0 fully saturated rings. The van der Waals surface area contributed by atoms with Gasteiger partial charge in [-0.15, -0.1) is 0 Å². The molecule has 0 aliphatic heterocycles. The summed E-state index contributed by atoms with van der Waals surface area (Å²) in [6.45, 7) is 3.35. The highest BCUT2D eigenvalue weighted by molar-refractivity contribution is 5.32. The summed E-state index contributed by atoms with van der Waals surface area (Å²) in [5, 5.41) is 0. The number of rotatable bonds is 4. The van der Waals surface area contributed by atoms with Crippen molar-refractivity contribution in [2.75, 3.05) is 11.9 Å². The predicted octanol–water partition coefficient (Wildman–Crippen LogP) is 1.88. The lowest BCUT2D eigenvalue weighted by Crippen LogP contribution is -2.19. The van der Waals surface area contributed by atoms with E-state index >= 15 is 0 Å². The average Bonchev–Trinajstić information content (AvgIpc) is 2.41. The molecule has 4 nitrogen and oxygen atoms in total. The monoisotopic (exact) mass is 242 g/mol. The highest BCUT2D eigenvalue weighted by atomic mass is 15.2. The summed E-state index contributed by atoms with van der Waals surface area (Å²) in [6, 6.07) is 8.48. The molecular formula is C14H18N4. The van der Waals surface area contributed by atoms with Gasteiger partial charge in [0.25, 0.3) is 0 Å². The highest BCUT2D eigenvalue weighted by Crippen LogP contribution is 2.10. The third-order valence-electron chi connectivity index (χ3n) is 2.81. The zero-order chi connectivity index (χ0) is 13.0. The van der Waals surface area contributed by atoms with Crippen LogP contribution in [0.5, 0.6) is 0 Å². The molecule has 2 rings (SSSR count). The van der Waals surface area contributed by atoms with Gasteiger partial charge in [-0.3, -0.25) is 0 Å². The Morgan fingerprint density at radius 1 is 1.06 bits per heavy atom. The summed E-state index contributed by atoms with van der Waals surface area (Å²) in [6.07, 6.45) is 3.54. The molecule has 0 unspecified atom stereocenters. The molecule has 0 atom stereocenters. The first kappa shape index (κ1) is 12.5. The normalized spacial score (nSPS) is 10.4. The lowest BCUT2D eigenvalue weighted by Gasteiger charge is -2.17. The molecular weight excluding hydrogens is 224 g/mol. The van der Waals surface area contributed by atoms with Crippen molar-refractivity contribution in [3.63, 3.8) is 0 Å². The van der Waals surface area contributed by atoms with Gasteiger partial charge in [-0.25, -0.2) is 9.97 Å². The Morgan fingerprint density at radius 3 is 2.22 bits per heavy atom. The Balaban J connectivity index is 2.06. The third-order valence-corrected chi connectivity index (χ3v) is 2.81. The van der Waals surface area contributed by atoms with Gasteiger partial charge < -0.3 is 10.6 Å². The molecule has 0 aliphatic rings. The summed E-state index contributed by atoms with van der Waals surface area (Å²) in [5.74, 6) is 0.716. The maximum Gasteiger partial charge on any atom is 0.225 e. The fourth-order valence-electron chi connectivity index (χ4n) is 1.69. The summed E-state index contributed by atoms with van der Waals surface area (Å²) < 4.78 is 0. The van der Waals surface area contributed by atoms with Crippen molar-refractivity contribution < 1.29 is 0 Å². The molecule has 94 valence electrons. The van der Waals surface area contributed by atoms with Crippen LogP contribution >= 0.6 is 0 Å². The largest absolute Gasteiger partial charge is 0.340 e. The van der Waals surface area contributed by atoms with Crippen LogP contribution in [0, 0.1) is 6.92 Å². The lowest BCUT2D eigenvalue weighted by molar-refractivity contribution is 0.857. The minimum Gasteiger partial charge on any atom is -0.340 e. The molecule has 2 aromatic rings. The molecule has 0 spiro atoms. The number of aryl methyl sites for hydroxylation is 1. The SMILES string of the molecule is Cc1ccc(CN(C)c2ncc(CN)cn2)cc1. The molecule has 2 N–H and O–H groups in total. The van der Waals surface area contributed by atoms with Gasteiger partial charge in [-0.1, -0.05) is 29.8 Å². The molecule has 18 heavy (non-hydrogen) atoms. The number of anilines is 1. The Morgan fingerprint density at radius 2 is 1.67 bits per heavy atom. The number of nitrogens with zero attached hydrogens (tertiary/aromatic N) is 3. The number of aromatic nitrogens is 2. The fraction of sp³-hybridized carbons (Fsp3) is 0.286. The van der Waals surface area contributed by atoms with E-state index in [2.05, 4.69) is 41.2 Å². The molecule has 0 radical (unpaired) electrons. The van der Waals surface area contributed by atoms with Crippen molar-refractivity contribution in [1.82, 2.24) is 9.97 Å². The van der Waals surface area contributed by atoms with Gasteiger partial charge in [-0.05, 0) is 12.5 Å². The number of hydrogen-bond donors (Lipinski definition) is 1. The van der Waals surface area contributed by atoms with Gasteiger partial charge in [-0.2, -0.15) is 0 Å². The maximum atomic E-state index is 5.52. The number of benzene rings is 1. The maximum absolute atomic E-state index is 5.52. The quantitative estimate of drug-likeness (QED) is 0.889. The topological polar surface area (TPSA) is 55.0 Å². The molecule has 0 amide bonds. The molecule has 1 aromatic heterocycles. The first-order valence-corrected chi connectivity index (χ1v) is 5.96. The minimum absolute atomic E-state index is 0.474. The van der Waals surface area contributed by atoms with Gasteiger partial charge in [0, 0.05) is 38.1 Å². The zero-order valence-corrected chi connectivity index (χ0v) is 10.8. The predicted molar refractivity (Wildman–Crippen MR) is 73.2 cm³/mol. The second-order valence-corrected chi connectivity index (χ2v) is 4.44. The molecule has 0 saturated carbocycles. The zero-order valence-electron chi connectivity index (χ0n) is 10.8. The van der Waals surface area contributed by atoms with E-state index in [9.17, 15) is 0 Å². The molecule has 0 aliphatic carbocycles. The Bertz CT molecular complexity index is 490. The molecule has 0 bridgehead atoms. The highest BCUT2D eigenvalue weighted by Gasteiger charge is 2.04. The van der Waals surface area contributed by atoms with Crippen molar-refractivity contribution in [2.45, 2.75) is 20.0 Å². The van der Waals surface area contributed by atoms with E-state index in [1.54, 1.807) is 12.4 Å². The van der Waals surface area contributed by atoms with Crippen molar-refractivity contribution in [1.29, 1.82) is 0 Å². The second-order valence-electron chi connectivity index (χ2n) is 4.44. The van der Waals surface area contributed by atoms with Crippen LogP contribution in [0.3, 0.4) is 0 Å². The van der Waals surface area contributed by atoms with E-state index in [1.165, 1.54) is 11.1 Å². The summed E-state index contributed by atoms with van der Waals surface area (Å²) >= 11 is 0. The Kier molecular flexibility index (Phi) is 3.89. The van der Waals surface area contributed by atoms with Gasteiger partial charge in [0.15, 0.2) is 0 Å². The summed E-state index contributed by atoms with van der Waals surface area (Å²) in [7, 11) is 1.98. The van der Waals surface area contributed by atoms with Gasteiger partial charge in [0.05, 0.1) is 0 Å². The van der Waals surface area contributed by atoms with E-state index in [0.717, 1.165) is 12.1 Å². The number of nitrogens with two attached hydrogens (primary N) is 1. The first-order chi connectivity index (χ1) is 8.69. The van der Waals surface area contributed by atoms with Gasteiger partial charge in [0.2, 0.25) is 5.95 Å². The Hall–Kier alpha value is -1.94. The van der Waals surface area contributed by atoms with E-state index in [0.29, 0.717) is 12.5 Å². The van der Waals surface area contributed by atoms with Crippen LogP contribution in [-0.2, 0) is 13.1 Å². The molecule has 4 heteroatoms. The van der Waals surface area contributed by atoms with Crippen LogP contribution in [0.25, 0.3) is 0 Å². The second kappa shape index (κ2) is 5.60. The standard InChI is InChI=1S/C14H18N4/c1-11-3-5-12(6-4-11)10-18(2)14-16-8-13(7-15)9-17-14/h3-6,8-9H,7,10,15H2,1-2H3. The van der Waals surface area contributed by atoms with Gasteiger partial charge >= 0.3 is 0 Å². The fourth-order valence-corrected chi connectivity index (χ4v) is 1.69. The Labute approximate surface area is 107 Å². The van der Waals surface area contributed by atoms with Crippen LogP contribution in [0.4, 0.5) is 5.95 Å². The first-order valence-electron chi connectivity index (χ1n) is 5.96. The summed E-state index contributed by atoms with van der Waals surface area (Å²) in [5.41, 5.74) is 8.98. The summed E-state index contributed by atoms with van der Waals surface area (Å²) in [4.78, 5) is 10.6. The van der Waals surface area contributed by atoms with Crippen LogP contribution in [0.1, 0.15) is 16.7 Å². The van der Waals surface area contributed by atoms with E-state index in [4.69, 9.17) is 5.73 Å². The van der Waals surface area contributed by atoms with Crippen molar-refractivity contribution in [2.24, 2.45) is 5.73 Å². The third kappa shape index (κ3) is 3.05. The van der Waals surface area contributed by atoms with Crippen molar-refractivity contribution in [3.8, 4) is 0 Å². The molecule has 1 aromatic carbocycles. The van der Waals surface area contributed by atoms with E-state index in [-0.39, 0.29) is 0 Å². The van der Waals surface area contributed by atoms with E-state index in [1.807, 2.05) is 11.9 Å². The van der Waals surface area contributed by atoms with Crippen LogP contribution in [-0.4, -0.2) is 17.0 Å². The minimum atomic E-state index is 0.474. The molecule has 0 saturated heterocycles. The van der Waals surface area contributed by atoms with Gasteiger partial charge in [0.1, 0.15) is 0 Å². The van der Waals surface area contributed by atoms with Crippen LogP contribution in [0.15, 0.2) is 36.7 Å².